The van der Waals surface area contributed by atoms with Crippen molar-refractivity contribution in [3.05, 3.63) is 48.7 Å². The molecule has 0 saturated carbocycles. The molecule has 6 heteroatoms. The van der Waals surface area contributed by atoms with Gasteiger partial charge in [-0.1, -0.05) is 6.92 Å². The number of hydrogen-bond donors (Lipinski definition) is 2. The zero-order valence-corrected chi connectivity index (χ0v) is 14.5. The zero-order chi connectivity index (χ0) is 15.6. The van der Waals surface area contributed by atoms with E-state index < -0.39 is 5.97 Å². The van der Waals surface area contributed by atoms with Crippen molar-refractivity contribution < 1.29 is 14.7 Å². The van der Waals surface area contributed by atoms with Crippen molar-refractivity contribution in [3.63, 3.8) is 0 Å². The summed E-state index contributed by atoms with van der Waals surface area (Å²) in [5, 5.41) is 11.9. The number of hydrogen-bond acceptors (Lipinski definition) is 3. The summed E-state index contributed by atoms with van der Waals surface area (Å²) in [4.78, 5) is 25.2. The number of nitrogens with one attached hydrogen (secondary N) is 1. The van der Waals surface area contributed by atoms with Gasteiger partial charge in [-0.15, -0.1) is 11.3 Å². The number of carboxylic acid groups (broad SMARTS) is 1. The van der Waals surface area contributed by atoms with Crippen molar-refractivity contribution in [2.45, 2.75) is 20.3 Å². The van der Waals surface area contributed by atoms with Crippen molar-refractivity contribution in [2.24, 2.45) is 0 Å². The quantitative estimate of drug-likeness (QED) is 0.737. The van der Waals surface area contributed by atoms with E-state index in [-0.39, 0.29) is 11.5 Å². The van der Waals surface area contributed by atoms with Gasteiger partial charge in [0.05, 0.1) is 16.1 Å². The lowest BCUT2D eigenvalue weighted by molar-refractivity contribution is 0.0698. The molecule has 4 nitrogen and oxygen atoms in total. The van der Waals surface area contributed by atoms with Crippen LogP contribution in [0.15, 0.2) is 24.3 Å². The van der Waals surface area contributed by atoms with Gasteiger partial charge in [-0.3, -0.25) is 4.79 Å². The van der Waals surface area contributed by atoms with Crippen molar-refractivity contribution in [2.75, 3.05) is 5.32 Å². The maximum Gasteiger partial charge on any atom is 0.337 e. The van der Waals surface area contributed by atoms with Gasteiger partial charge >= 0.3 is 5.97 Å². The average Bonchev–Trinajstić information content (AvgIpc) is 2.81. The number of amides is 1. The number of anilines is 1. The van der Waals surface area contributed by atoms with Gasteiger partial charge in [0.25, 0.3) is 5.91 Å². The van der Waals surface area contributed by atoms with Gasteiger partial charge in [0.2, 0.25) is 0 Å². The molecule has 0 atom stereocenters. The number of aryl methyl sites for hydroxylation is 2. The van der Waals surface area contributed by atoms with Crippen LogP contribution in [0, 0.1) is 10.5 Å². The van der Waals surface area contributed by atoms with Crippen LogP contribution in [0.5, 0.6) is 0 Å². The summed E-state index contributed by atoms with van der Waals surface area (Å²) in [6, 6.07) is 6.78. The monoisotopic (exact) mass is 415 g/mol. The van der Waals surface area contributed by atoms with Crippen LogP contribution in [0.4, 0.5) is 5.69 Å². The number of carbonyl (C=O) groups is 2. The summed E-state index contributed by atoms with van der Waals surface area (Å²) in [5.74, 6) is -1.33. The second kappa shape index (κ2) is 6.57. The summed E-state index contributed by atoms with van der Waals surface area (Å²) >= 11 is 3.46. The molecule has 0 saturated heterocycles. The third kappa shape index (κ3) is 3.62. The van der Waals surface area contributed by atoms with E-state index in [0.717, 1.165) is 20.4 Å². The van der Waals surface area contributed by atoms with Gasteiger partial charge in [0, 0.05) is 8.45 Å². The SMILES string of the molecule is CCc1cc(C(=O)Nc2ccc(I)cc2C(=O)O)sc1C. The molecular formula is C15H14INO3S. The second-order valence-corrected chi connectivity index (χ2v) is 7.00. The van der Waals surface area contributed by atoms with E-state index in [1.807, 2.05) is 42.5 Å². The Morgan fingerprint density at radius 1 is 1.33 bits per heavy atom. The fourth-order valence-electron chi connectivity index (χ4n) is 1.97. The van der Waals surface area contributed by atoms with Gasteiger partial charge in [0.15, 0.2) is 0 Å². The lowest BCUT2D eigenvalue weighted by Gasteiger charge is -2.08. The number of halogens is 1. The molecule has 1 aromatic heterocycles. The second-order valence-electron chi connectivity index (χ2n) is 4.49. The molecule has 0 fully saturated rings. The lowest BCUT2D eigenvalue weighted by Crippen LogP contribution is -2.13. The molecule has 0 aliphatic heterocycles. The molecule has 2 rings (SSSR count). The molecule has 2 aromatic rings. The minimum Gasteiger partial charge on any atom is -0.478 e. The number of carboxylic acids is 1. The summed E-state index contributed by atoms with van der Waals surface area (Å²) in [5.41, 5.74) is 1.56. The van der Waals surface area contributed by atoms with Gasteiger partial charge in [-0.05, 0) is 65.8 Å². The lowest BCUT2D eigenvalue weighted by atomic mass is 10.1. The molecule has 1 amide bonds. The molecule has 0 unspecified atom stereocenters. The first kappa shape index (κ1) is 16.0. The van der Waals surface area contributed by atoms with Crippen molar-refractivity contribution >= 4 is 51.5 Å². The highest BCUT2D eigenvalue weighted by Gasteiger charge is 2.16. The van der Waals surface area contributed by atoms with Gasteiger partial charge in [0.1, 0.15) is 0 Å². The number of thiophene rings is 1. The summed E-state index contributed by atoms with van der Waals surface area (Å²) in [6.07, 6.45) is 0.875. The molecule has 2 N–H and O–H groups in total. The standard InChI is InChI=1S/C15H14INO3S/c1-3-9-6-13(21-8(9)2)14(18)17-12-5-4-10(16)7-11(12)15(19)20/h4-7H,3H2,1-2H3,(H,17,18)(H,19,20). The van der Waals surface area contributed by atoms with E-state index in [9.17, 15) is 14.7 Å². The average molecular weight is 415 g/mol. The summed E-state index contributed by atoms with van der Waals surface area (Å²) in [6.45, 7) is 4.02. The van der Waals surface area contributed by atoms with Crippen molar-refractivity contribution in [3.8, 4) is 0 Å². The molecule has 0 aliphatic rings. The minimum absolute atomic E-state index is 0.0965. The predicted molar refractivity (Wildman–Crippen MR) is 92.5 cm³/mol. The van der Waals surface area contributed by atoms with E-state index in [4.69, 9.17) is 0 Å². The fourth-order valence-corrected chi connectivity index (χ4v) is 3.47. The Morgan fingerprint density at radius 2 is 2.05 bits per heavy atom. The van der Waals surface area contributed by atoms with Gasteiger partial charge < -0.3 is 10.4 Å². The molecule has 1 heterocycles. The fraction of sp³-hybridized carbons (Fsp3) is 0.200. The summed E-state index contributed by atoms with van der Waals surface area (Å²) in [7, 11) is 0. The normalized spacial score (nSPS) is 10.4. The van der Waals surface area contributed by atoms with Crippen LogP contribution in [0.3, 0.4) is 0 Å². The van der Waals surface area contributed by atoms with Crippen LogP contribution >= 0.6 is 33.9 Å². The Bertz CT molecular complexity index is 709. The van der Waals surface area contributed by atoms with Crippen LogP contribution < -0.4 is 5.32 Å². The van der Waals surface area contributed by atoms with Crippen LogP contribution in [0.25, 0.3) is 0 Å². The van der Waals surface area contributed by atoms with E-state index in [1.165, 1.54) is 17.4 Å². The van der Waals surface area contributed by atoms with Crippen LogP contribution in [-0.2, 0) is 6.42 Å². The highest BCUT2D eigenvalue weighted by molar-refractivity contribution is 14.1. The maximum atomic E-state index is 12.3. The van der Waals surface area contributed by atoms with Gasteiger partial charge in [-0.25, -0.2) is 4.79 Å². The molecule has 1 aromatic carbocycles. The largest absolute Gasteiger partial charge is 0.478 e. The zero-order valence-electron chi connectivity index (χ0n) is 11.6. The third-order valence-electron chi connectivity index (χ3n) is 3.09. The van der Waals surface area contributed by atoms with E-state index in [0.29, 0.717) is 10.6 Å². The van der Waals surface area contributed by atoms with E-state index in [2.05, 4.69) is 5.32 Å². The molecule has 0 spiro atoms. The Balaban J connectivity index is 2.29. The van der Waals surface area contributed by atoms with Gasteiger partial charge in [-0.2, -0.15) is 0 Å². The number of aromatic carboxylic acids is 1. The highest BCUT2D eigenvalue weighted by atomic mass is 127. The maximum absolute atomic E-state index is 12.3. The number of benzene rings is 1. The number of carbonyl (C=O) groups excluding carboxylic acids is 1. The Kier molecular flexibility index (Phi) is 5.00. The molecule has 110 valence electrons. The summed E-state index contributed by atoms with van der Waals surface area (Å²) < 4.78 is 0.809. The third-order valence-corrected chi connectivity index (χ3v) is 4.85. The van der Waals surface area contributed by atoms with Crippen LogP contribution in [0.1, 0.15) is 37.4 Å². The Morgan fingerprint density at radius 3 is 2.62 bits per heavy atom. The van der Waals surface area contributed by atoms with Crippen molar-refractivity contribution in [1.29, 1.82) is 0 Å². The van der Waals surface area contributed by atoms with E-state index >= 15 is 0 Å². The van der Waals surface area contributed by atoms with E-state index in [1.54, 1.807) is 12.1 Å². The molecule has 0 radical (unpaired) electrons. The first-order valence-corrected chi connectivity index (χ1v) is 8.25. The molecular weight excluding hydrogens is 401 g/mol. The highest BCUT2D eigenvalue weighted by Crippen LogP contribution is 2.24. The minimum atomic E-state index is -1.06. The molecule has 0 aliphatic carbocycles. The van der Waals surface area contributed by atoms with Crippen molar-refractivity contribution in [1.82, 2.24) is 0 Å². The van der Waals surface area contributed by atoms with Crippen LogP contribution in [-0.4, -0.2) is 17.0 Å². The Labute approximate surface area is 140 Å². The topological polar surface area (TPSA) is 66.4 Å². The Hall–Kier alpha value is -1.41. The molecule has 0 bridgehead atoms. The number of rotatable bonds is 4. The molecule has 21 heavy (non-hydrogen) atoms. The smallest absolute Gasteiger partial charge is 0.337 e. The van der Waals surface area contributed by atoms with Crippen LogP contribution in [0.2, 0.25) is 0 Å². The predicted octanol–water partition coefficient (Wildman–Crippen LogP) is 4.17. The first-order valence-electron chi connectivity index (χ1n) is 6.36. The first-order chi connectivity index (χ1) is 9.92.